The van der Waals surface area contributed by atoms with Crippen molar-refractivity contribution in [3.8, 4) is 0 Å². The van der Waals surface area contributed by atoms with Crippen molar-refractivity contribution >= 4 is 11.6 Å². The first-order valence-corrected chi connectivity index (χ1v) is 7.66. The molecule has 21 heavy (non-hydrogen) atoms. The highest BCUT2D eigenvalue weighted by molar-refractivity contribution is 5.95. The van der Waals surface area contributed by atoms with Crippen molar-refractivity contribution < 1.29 is 14.3 Å². The number of amides is 1. The van der Waals surface area contributed by atoms with Gasteiger partial charge in [-0.3, -0.25) is 9.69 Å². The fourth-order valence-electron chi connectivity index (χ4n) is 3.07. The van der Waals surface area contributed by atoms with Crippen LogP contribution in [0.4, 0.5) is 5.69 Å². The van der Waals surface area contributed by atoms with Crippen molar-refractivity contribution in [3.05, 3.63) is 29.8 Å². The molecule has 0 radical (unpaired) electrons. The zero-order valence-corrected chi connectivity index (χ0v) is 12.4. The highest BCUT2D eigenvalue weighted by atomic mass is 16.7. The molecule has 1 unspecified atom stereocenters. The molecule has 2 fully saturated rings. The molecule has 0 aliphatic carbocycles. The van der Waals surface area contributed by atoms with Gasteiger partial charge in [0, 0.05) is 11.3 Å². The Kier molecular flexibility index (Phi) is 4.53. The van der Waals surface area contributed by atoms with Gasteiger partial charge in [0.1, 0.15) is 0 Å². The van der Waals surface area contributed by atoms with E-state index in [2.05, 4.69) is 17.1 Å². The van der Waals surface area contributed by atoms with Gasteiger partial charge in [-0.2, -0.15) is 0 Å². The van der Waals surface area contributed by atoms with Crippen molar-refractivity contribution in [2.45, 2.75) is 32.1 Å². The molecule has 0 bridgehead atoms. The van der Waals surface area contributed by atoms with E-state index in [0.29, 0.717) is 13.2 Å². The minimum atomic E-state index is -0.368. The van der Waals surface area contributed by atoms with Crippen molar-refractivity contribution in [2.24, 2.45) is 0 Å². The predicted octanol–water partition coefficient (Wildman–Crippen LogP) is 2.15. The molecule has 1 N–H and O–H groups in total. The zero-order valence-electron chi connectivity index (χ0n) is 12.4. The zero-order chi connectivity index (χ0) is 14.7. The number of nitrogens with one attached hydrogen (secondary N) is 1. The lowest BCUT2D eigenvalue weighted by atomic mass is 10.1. The summed E-state index contributed by atoms with van der Waals surface area (Å²) >= 11 is 0. The van der Waals surface area contributed by atoms with Gasteiger partial charge in [-0.1, -0.05) is 25.1 Å². The maximum Gasteiger partial charge on any atom is 0.241 e. The molecule has 3 rings (SSSR count). The topological polar surface area (TPSA) is 50.8 Å². The highest BCUT2D eigenvalue weighted by Crippen LogP contribution is 2.30. The maximum atomic E-state index is 12.5. The van der Waals surface area contributed by atoms with E-state index in [1.54, 1.807) is 0 Å². The van der Waals surface area contributed by atoms with Crippen LogP contribution in [0.25, 0.3) is 0 Å². The number of rotatable bonds is 4. The molecule has 0 aromatic heterocycles. The normalized spacial score (nSPS) is 23.6. The van der Waals surface area contributed by atoms with Gasteiger partial charge in [0.15, 0.2) is 6.29 Å². The van der Waals surface area contributed by atoms with E-state index in [1.165, 1.54) is 0 Å². The molecule has 0 saturated carbocycles. The van der Waals surface area contributed by atoms with Crippen molar-refractivity contribution in [1.29, 1.82) is 0 Å². The summed E-state index contributed by atoms with van der Waals surface area (Å²) in [6, 6.07) is 7.68. The molecule has 2 aliphatic rings. The summed E-state index contributed by atoms with van der Waals surface area (Å²) in [7, 11) is 0. The molecule has 2 aliphatic heterocycles. The summed E-state index contributed by atoms with van der Waals surface area (Å²) in [6.07, 6.45) is 1.65. The Labute approximate surface area is 125 Å². The summed E-state index contributed by atoms with van der Waals surface area (Å²) in [5.41, 5.74) is 1.68. The third-order valence-corrected chi connectivity index (χ3v) is 4.17. The van der Waals surface area contributed by atoms with Gasteiger partial charge in [-0.25, -0.2) is 0 Å². The smallest absolute Gasteiger partial charge is 0.241 e. The Morgan fingerprint density at radius 2 is 2.10 bits per heavy atom. The molecule has 1 atom stereocenters. The number of hydrogen-bond donors (Lipinski definition) is 1. The second-order valence-electron chi connectivity index (χ2n) is 5.44. The van der Waals surface area contributed by atoms with Crippen LogP contribution in [0.15, 0.2) is 24.3 Å². The summed E-state index contributed by atoms with van der Waals surface area (Å²) in [4.78, 5) is 14.7. The van der Waals surface area contributed by atoms with Crippen LogP contribution in [0.1, 0.15) is 31.6 Å². The summed E-state index contributed by atoms with van der Waals surface area (Å²) in [5.74, 6) is 0.0693. The minimum absolute atomic E-state index is 0.0199. The maximum absolute atomic E-state index is 12.5. The van der Waals surface area contributed by atoms with Gasteiger partial charge < -0.3 is 14.8 Å². The lowest BCUT2D eigenvalue weighted by molar-refractivity contribution is -0.120. The number of para-hydroxylation sites is 1. The quantitative estimate of drug-likeness (QED) is 0.923. The molecule has 1 aromatic carbocycles. The number of anilines is 1. The SMILES string of the molecule is CCN1CCCC1C(=O)Nc1ccccc1C1OCCO1. The molecular formula is C16H22N2O3. The Morgan fingerprint density at radius 1 is 1.33 bits per heavy atom. The number of carbonyl (C=O) groups excluding carboxylic acids is 1. The van der Waals surface area contributed by atoms with Crippen LogP contribution >= 0.6 is 0 Å². The van der Waals surface area contributed by atoms with Gasteiger partial charge in [0.25, 0.3) is 0 Å². The molecule has 5 nitrogen and oxygen atoms in total. The van der Waals surface area contributed by atoms with Crippen molar-refractivity contribution in [1.82, 2.24) is 4.90 Å². The fourth-order valence-corrected chi connectivity index (χ4v) is 3.07. The van der Waals surface area contributed by atoms with E-state index in [-0.39, 0.29) is 18.2 Å². The lowest BCUT2D eigenvalue weighted by Gasteiger charge is -2.23. The molecule has 2 saturated heterocycles. The van der Waals surface area contributed by atoms with Crippen LogP contribution < -0.4 is 5.32 Å². The summed E-state index contributed by atoms with van der Waals surface area (Å²) in [6.45, 7) is 5.21. The van der Waals surface area contributed by atoms with Gasteiger partial charge in [0.2, 0.25) is 5.91 Å². The third kappa shape index (κ3) is 3.10. The molecule has 0 spiro atoms. The van der Waals surface area contributed by atoms with Crippen LogP contribution in [0.2, 0.25) is 0 Å². The first kappa shape index (κ1) is 14.5. The van der Waals surface area contributed by atoms with Crippen molar-refractivity contribution in [3.63, 3.8) is 0 Å². The number of ether oxygens (including phenoxy) is 2. The lowest BCUT2D eigenvalue weighted by Crippen LogP contribution is -2.39. The first-order chi connectivity index (χ1) is 10.3. The van der Waals surface area contributed by atoms with Gasteiger partial charge in [-0.15, -0.1) is 0 Å². The van der Waals surface area contributed by atoms with Gasteiger partial charge in [0.05, 0.1) is 19.3 Å². The number of likely N-dealkylation sites (tertiary alicyclic amines) is 1. The monoisotopic (exact) mass is 290 g/mol. The largest absolute Gasteiger partial charge is 0.346 e. The molecule has 2 heterocycles. The predicted molar refractivity (Wildman–Crippen MR) is 80.0 cm³/mol. The highest BCUT2D eigenvalue weighted by Gasteiger charge is 2.30. The van der Waals surface area contributed by atoms with E-state index in [1.807, 2.05) is 24.3 Å². The first-order valence-electron chi connectivity index (χ1n) is 7.66. The Hall–Kier alpha value is -1.43. The van der Waals surface area contributed by atoms with E-state index in [9.17, 15) is 4.79 Å². The second-order valence-corrected chi connectivity index (χ2v) is 5.44. The Morgan fingerprint density at radius 3 is 2.86 bits per heavy atom. The van der Waals surface area contributed by atoms with E-state index >= 15 is 0 Å². The average molecular weight is 290 g/mol. The molecule has 114 valence electrons. The van der Waals surface area contributed by atoms with E-state index in [4.69, 9.17) is 9.47 Å². The molecule has 1 aromatic rings. The second kappa shape index (κ2) is 6.56. The fraction of sp³-hybridized carbons (Fsp3) is 0.562. The van der Waals surface area contributed by atoms with Crippen LogP contribution in [0.5, 0.6) is 0 Å². The molecule has 5 heteroatoms. The van der Waals surface area contributed by atoms with E-state index < -0.39 is 0 Å². The van der Waals surface area contributed by atoms with Gasteiger partial charge in [-0.05, 0) is 32.0 Å². The van der Waals surface area contributed by atoms with E-state index in [0.717, 1.165) is 37.2 Å². The Balaban J connectivity index is 1.73. The number of likely N-dealkylation sites (N-methyl/N-ethyl adjacent to an activating group) is 1. The summed E-state index contributed by atoms with van der Waals surface area (Å²) in [5, 5.41) is 3.05. The minimum Gasteiger partial charge on any atom is -0.346 e. The van der Waals surface area contributed by atoms with Crippen molar-refractivity contribution in [2.75, 3.05) is 31.6 Å². The number of carbonyl (C=O) groups is 1. The Bertz CT molecular complexity index is 500. The standard InChI is InChI=1S/C16H22N2O3/c1-2-18-9-5-8-14(18)15(19)17-13-7-4-3-6-12(13)16-20-10-11-21-16/h3-4,6-7,14,16H,2,5,8-11H2,1H3,(H,17,19). The summed E-state index contributed by atoms with van der Waals surface area (Å²) < 4.78 is 11.1. The number of benzene rings is 1. The molecular weight excluding hydrogens is 268 g/mol. The van der Waals surface area contributed by atoms with Crippen LogP contribution in [0, 0.1) is 0 Å². The average Bonchev–Trinajstić information content (AvgIpc) is 3.19. The van der Waals surface area contributed by atoms with Crippen LogP contribution in [0.3, 0.4) is 0 Å². The number of nitrogens with zero attached hydrogens (tertiary/aromatic N) is 1. The van der Waals surface area contributed by atoms with Gasteiger partial charge >= 0.3 is 0 Å². The van der Waals surface area contributed by atoms with Crippen LogP contribution in [-0.2, 0) is 14.3 Å². The van der Waals surface area contributed by atoms with Crippen LogP contribution in [-0.4, -0.2) is 43.2 Å². The third-order valence-electron chi connectivity index (χ3n) is 4.17. The number of hydrogen-bond acceptors (Lipinski definition) is 4. The molecule has 1 amide bonds.